The van der Waals surface area contributed by atoms with E-state index in [9.17, 15) is 4.79 Å². The number of nitrogens with zero attached hydrogens (tertiary/aromatic N) is 3. The Hall–Kier alpha value is -5.15. The van der Waals surface area contributed by atoms with E-state index in [1.807, 2.05) is 109 Å². The van der Waals surface area contributed by atoms with Gasteiger partial charge in [-0.1, -0.05) is 36.4 Å². The maximum atomic E-state index is 12.5. The van der Waals surface area contributed by atoms with Gasteiger partial charge in [-0.05, 0) is 85.0 Å². The van der Waals surface area contributed by atoms with Gasteiger partial charge in [0.05, 0.1) is 24.5 Å². The van der Waals surface area contributed by atoms with E-state index in [0.717, 1.165) is 28.5 Å². The highest BCUT2D eigenvalue weighted by Crippen LogP contribution is 2.43. The highest BCUT2D eigenvalue weighted by Gasteiger charge is 2.42. The summed E-state index contributed by atoms with van der Waals surface area (Å²) in [6.07, 6.45) is 3.82. The Balaban J connectivity index is 1.30. The molecule has 1 aliphatic heterocycles. The summed E-state index contributed by atoms with van der Waals surface area (Å²) in [4.78, 5) is 19.3. The van der Waals surface area contributed by atoms with Crippen LogP contribution in [0.5, 0.6) is 11.5 Å². The van der Waals surface area contributed by atoms with Crippen molar-refractivity contribution in [2.24, 2.45) is 0 Å². The van der Waals surface area contributed by atoms with E-state index in [2.05, 4.69) is 31.2 Å². The smallest absolute Gasteiger partial charge is 0.262 e. The van der Waals surface area contributed by atoms with E-state index in [0.29, 0.717) is 16.5 Å². The molecule has 1 amide bonds. The fourth-order valence-corrected chi connectivity index (χ4v) is 5.53. The van der Waals surface area contributed by atoms with Crippen molar-refractivity contribution in [1.29, 1.82) is 0 Å². The number of para-hydroxylation sites is 3. The lowest BCUT2D eigenvalue weighted by atomic mass is 10.0. The molecule has 0 unspecified atom stereocenters. The Labute approximate surface area is 249 Å². The molecule has 9 heteroatoms. The van der Waals surface area contributed by atoms with Crippen molar-refractivity contribution in [2.45, 2.75) is 12.1 Å². The van der Waals surface area contributed by atoms with Crippen molar-refractivity contribution in [1.82, 2.24) is 14.9 Å². The van der Waals surface area contributed by atoms with Gasteiger partial charge in [0.1, 0.15) is 17.5 Å². The van der Waals surface area contributed by atoms with Gasteiger partial charge in [-0.25, -0.2) is 0 Å². The molecule has 6 rings (SSSR count). The molecule has 0 aliphatic carbocycles. The molecule has 5 aromatic rings. The number of hydrogen-bond acceptors (Lipinski definition) is 5. The summed E-state index contributed by atoms with van der Waals surface area (Å²) in [6.45, 7) is -0.0837. The summed E-state index contributed by atoms with van der Waals surface area (Å²) in [7, 11) is 1.67. The molecule has 0 radical (unpaired) electrons. The van der Waals surface area contributed by atoms with Crippen LogP contribution in [-0.4, -0.2) is 34.3 Å². The predicted molar refractivity (Wildman–Crippen MR) is 167 cm³/mol. The summed E-state index contributed by atoms with van der Waals surface area (Å²) in [5.41, 5.74) is 4.35. The molecule has 1 saturated heterocycles. The average molecular weight is 576 g/mol. The third kappa shape index (κ3) is 5.55. The van der Waals surface area contributed by atoms with Crippen molar-refractivity contribution in [2.75, 3.05) is 23.9 Å². The van der Waals surface area contributed by atoms with Crippen molar-refractivity contribution in [3.63, 3.8) is 0 Å². The minimum atomic E-state index is -0.243. The van der Waals surface area contributed by atoms with Crippen molar-refractivity contribution >= 4 is 34.6 Å². The van der Waals surface area contributed by atoms with Crippen molar-refractivity contribution in [3.05, 3.63) is 133 Å². The van der Waals surface area contributed by atoms with Crippen LogP contribution in [0.3, 0.4) is 0 Å². The van der Waals surface area contributed by atoms with Gasteiger partial charge in [-0.2, -0.15) is 0 Å². The number of benzene rings is 3. The maximum absolute atomic E-state index is 12.5. The molecule has 0 bridgehead atoms. The van der Waals surface area contributed by atoms with E-state index in [-0.39, 0.29) is 24.6 Å². The first-order valence-corrected chi connectivity index (χ1v) is 13.9. The van der Waals surface area contributed by atoms with Crippen LogP contribution in [0.25, 0.3) is 5.69 Å². The van der Waals surface area contributed by atoms with Crippen LogP contribution in [0.2, 0.25) is 0 Å². The molecule has 1 aliphatic rings. The Bertz CT molecular complexity index is 1680. The number of hydrogen-bond donors (Lipinski definition) is 2. The standard InChI is InChI=1S/C33H29N5O3S/c1-40-29-15-6-5-13-27(29)37-21-9-14-28(37)32-31(26-12-7-8-20-34-26)36-33(42)38(32)24-18-16-23(17-19-24)35-30(39)22-41-25-10-3-2-4-11-25/h2-21,31-32H,22H2,1H3,(H,35,39)(H,36,42)/t31-,32+/m0/s1. The first-order valence-electron chi connectivity index (χ1n) is 13.5. The number of ether oxygens (including phenoxy) is 2. The van der Waals surface area contributed by atoms with Gasteiger partial charge in [0.25, 0.3) is 5.91 Å². The summed E-state index contributed by atoms with van der Waals surface area (Å²) in [6, 6.07) is 34.4. The van der Waals surface area contributed by atoms with Crippen LogP contribution in [0.15, 0.2) is 122 Å². The van der Waals surface area contributed by atoms with Crippen molar-refractivity contribution in [3.8, 4) is 17.2 Å². The second-order valence-corrected chi connectivity index (χ2v) is 10.1. The summed E-state index contributed by atoms with van der Waals surface area (Å²) >= 11 is 5.91. The molecule has 2 atom stereocenters. The molecule has 2 N–H and O–H groups in total. The van der Waals surface area contributed by atoms with Crippen LogP contribution < -0.4 is 25.0 Å². The van der Waals surface area contributed by atoms with Crippen molar-refractivity contribution < 1.29 is 14.3 Å². The van der Waals surface area contributed by atoms with Crippen LogP contribution in [-0.2, 0) is 4.79 Å². The zero-order chi connectivity index (χ0) is 28.9. The second kappa shape index (κ2) is 12.2. The molecule has 3 aromatic carbocycles. The summed E-state index contributed by atoms with van der Waals surface area (Å²) in [5, 5.41) is 6.99. The van der Waals surface area contributed by atoms with Gasteiger partial charge in [0.2, 0.25) is 0 Å². The summed E-state index contributed by atoms with van der Waals surface area (Å²) in [5.74, 6) is 1.16. The van der Waals surface area contributed by atoms with Gasteiger partial charge in [-0.3, -0.25) is 9.78 Å². The maximum Gasteiger partial charge on any atom is 0.262 e. The largest absolute Gasteiger partial charge is 0.495 e. The van der Waals surface area contributed by atoms with Gasteiger partial charge < -0.3 is 29.6 Å². The third-order valence-corrected chi connectivity index (χ3v) is 7.38. The molecule has 3 heterocycles. The summed E-state index contributed by atoms with van der Waals surface area (Å²) < 4.78 is 13.4. The molecule has 2 aromatic heterocycles. The Morgan fingerprint density at radius 2 is 1.69 bits per heavy atom. The number of nitrogens with one attached hydrogen (secondary N) is 2. The molecule has 0 spiro atoms. The fraction of sp³-hybridized carbons (Fsp3) is 0.121. The van der Waals surface area contributed by atoms with E-state index >= 15 is 0 Å². The van der Waals surface area contributed by atoms with Gasteiger partial charge >= 0.3 is 0 Å². The normalized spacial score (nSPS) is 16.1. The third-order valence-electron chi connectivity index (χ3n) is 7.07. The quantitative estimate of drug-likeness (QED) is 0.206. The van der Waals surface area contributed by atoms with E-state index in [4.69, 9.17) is 21.7 Å². The highest BCUT2D eigenvalue weighted by atomic mass is 32.1. The van der Waals surface area contributed by atoms with Gasteiger partial charge in [0.15, 0.2) is 11.7 Å². The van der Waals surface area contributed by atoms with Crippen LogP contribution in [0.1, 0.15) is 23.5 Å². The number of pyridine rings is 1. The topological polar surface area (TPSA) is 80.7 Å². The monoisotopic (exact) mass is 575 g/mol. The zero-order valence-corrected chi connectivity index (χ0v) is 23.7. The Morgan fingerprint density at radius 1 is 0.929 bits per heavy atom. The first-order chi connectivity index (χ1) is 20.6. The number of thiocarbonyl (C=S) groups is 1. The SMILES string of the molecule is COc1ccccc1-n1cccc1[C@@H]1[C@H](c2ccccn2)NC(=S)N1c1ccc(NC(=O)COc2ccccc2)cc1. The molecule has 0 saturated carbocycles. The number of methoxy groups -OCH3 is 1. The lowest BCUT2D eigenvalue weighted by Crippen LogP contribution is -2.30. The second-order valence-electron chi connectivity index (χ2n) is 9.67. The predicted octanol–water partition coefficient (Wildman–Crippen LogP) is 6.08. The Kier molecular flexibility index (Phi) is 7.83. The average Bonchev–Trinajstić information content (AvgIpc) is 3.65. The zero-order valence-electron chi connectivity index (χ0n) is 22.9. The number of carbonyl (C=O) groups is 1. The van der Waals surface area contributed by atoms with Gasteiger partial charge in [0, 0.05) is 29.5 Å². The number of anilines is 2. The molecule has 8 nitrogen and oxygen atoms in total. The van der Waals surface area contributed by atoms with E-state index in [1.165, 1.54) is 0 Å². The highest BCUT2D eigenvalue weighted by molar-refractivity contribution is 7.80. The minimum absolute atomic E-state index is 0.0837. The van der Waals surface area contributed by atoms with E-state index in [1.54, 1.807) is 13.3 Å². The minimum Gasteiger partial charge on any atom is -0.495 e. The van der Waals surface area contributed by atoms with Crippen LogP contribution >= 0.6 is 12.2 Å². The number of aromatic nitrogens is 2. The molecule has 210 valence electrons. The van der Waals surface area contributed by atoms with Crippen LogP contribution in [0, 0.1) is 0 Å². The Morgan fingerprint density at radius 3 is 2.45 bits per heavy atom. The first kappa shape index (κ1) is 27.0. The molecule has 42 heavy (non-hydrogen) atoms. The molecular weight excluding hydrogens is 546 g/mol. The number of rotatable bonds is 9. The van der Waals surface area contributed by atoms with Crippen LogP contribution in [0.4, 0.5) is 11.4 Å². The van der Waals surface area contributed by atoms with Gasteiger partial charge in [-0.15, -0.1) is 0 Å². The lowest BCUT2D eigenvalue weighted by Gasteiger charge is -2.29. The number of amides is 1. The van der Waals surface area contributed by atoms with E-state index < -0.39 is 0 Å². The molecule has 1 fully saturated rings. The molecular formula is C33H29N5O3S. The fourth-order valence-electron chi connectivity index (χ4n) is 5.18. The lowest BCUT2D eigenvalue weighted by molar-refractivity contribution is -0.118. The number of carbonyl (C=O) groups excluding carboxylic acids is 1.